The maximum absolute atomic E-state index is 12.1. The summed E-state index contributed by atoms with van der Waals surface area (Å²) in [6.07, 6.45) is 2.02. The zero-order chi connectivity index (χ0) is 18.0. The van der Waals surface area contributed by atoms with E-state index < -0.39 is 4.92 Å². The molecule has 2 aromatic heterocycles. The minimum Gasteiger partial charge on any atom is -0.483 e. The van der Waals surface area contributed by atoms with Gasteiger partial charge in [0.1, 0.15) is 12.8 Å². The molecule has 2 aromatic rings. The molecule has 0 spiro atoms. The molecule has 0 aliphatic carbocycles. The number of nitrogens with zero attached hydrogens (tertiary/aromatic N) is 2. The van der Waals surface area contributed by atoms with E-state index >= 15 is 0 Å². The Morgan fingerprint density at radius 3 is 2.92 bits per heavy atom. The first-order valence-electron chi connectivity index (χ1n) is 7.48. The van der Waals surface area contributed by atoms with Crippen LogP contribution in [0.25, 0.3) is 11.3 Å². The first-order chi connectivity index (χ1) is 12.0. The molecule has 0 bridgehead atoms. The molecule has 25 heavy (non-hydrogen) atoms. The molecular formula is C15H15IN4O5. The van der Waals surface area contributed by atoms with Crippen molar-refractivity contribution in [3.8, 4) is 17.0 Å². The number of aromatic nitrogens is 2. The van der Waals surface area contributed by atoms with Crippen LogP contribution in [0.3, 0.4) is 0 Å². The molecule has 0 radical (unpaired) electrons. The van der Waals surface area contributed by atoms with Crippen LogP contribution in [0.5, 0.6) is 5.75 Å². The highest BCUT2D eigenvalue weighted by Crippen LogP contribution is 2.39. The van der Waals surface area contributed by atoms with E-state index in [2.05, 4.69) is 37.9 Å². The number of hydrogen-bond donors (Lipinski definition) is 2. The molecular weight excluding hydrogens is 443 g/mol. The highest BCUT2D eigenvalue weighted by molar-refractivity contribution is 14.1. The summed E-state index contributed by atoms with van der Waals surface area (Å²) in [6, 6.07) is 1.63. The van der Waals surface area contributed by atoms with E-state index in [0.717, 1.165) is 5.69 Å². The zero-order valence-corrected chi connectivity index (χ0v) is 15.5. The number of carbonyl (C=O) groups is 1. The van der Waals surface area contributed by atoms with E-state index in [1.54, 1.807) is 6.07 Å². The monoisotopic (exact) mass is 458 g/mol. The summed E-state index contributed by atoms with van der Waals surface area (Å²) in [6.45, 7) is 0.981. The van der Waals surface area contributed by atoms with Gasteiger partial charge >= 0.3 is 5.82 Å². The Labute approximate surface area is 156 Å². The smallest absolute Gasteiger partial charge is 0.406 e. The van der Waals surface area contributed by atoms with E-state index in [0.29, 0.717) is 33.4 Å². The van der Waals surface area contributed by atoms with E-state index in [1.807, 2.05) is 0 Å². The van der Waals surface area contributed by atoms with Gasteiger partial charge in [-0.05, 0) is 38.6 Å². The number of carbonyl (C=O) groups excluding carboxylic acids is 1. The number of hydrogen-bond acceptors (Lipinski definition) is 6. The summed E-state index contributed by atoms with van der Waals surface area (Å²) in [4.78, 5) is 29.9. The van der Waals surface area contributed by atoms with Crippen LogP contribution >= 0.6 is 22.6 Å². The standard InChI is InChI=1S/C15H15IN4O5/c1-24-6-7-25-13-8(2-4-17-14(13)20(22)23)12-11(16)10-9(19-12)3-5-18-15(10)21/h2,4,19H,3,5-7H2,1H3,(H,18,21). The van der Waals surface area contributed by atoms with Gasteiger partial charge in [-0.2, -0.15) is 0 Å². The van der Waals surface area contributed by atoms with Crippen LogP contribution < -0.4 is 10.1 Å². The number of ether oxygens (including phenoxy) is 2. The molecule has 0 saturated carbocycles. The summed E-state index contributed by atoms with van der Waals surface area (Å²) >= 11 is 2.07. The van der Waals surface area contributed by atoms with Gasteiger partial charge in [0.25, 0.3) is 5.91 Å². The molecule has 0 aromatic carbocycles. The third-order valence-corrected chi connectivity index (χ3v) is 4.84. The number of amides is 1. The van der Waals surface area contributed by atoms with Crippen molar-refractivity contribution in [1.29, 1.82) is 0 Å². The maximum Gasteiger partial charge on any atom is 0.406 e. The fraction of sp³-hybridized carbons (Fsp3) is 0.333. The Bertz CT molecular complexity index is 836. The highest BCUT2D eigenvalue weighted by Gasteiger charge is 2.29. The topological polar surface area (TPSA) is 119 Å². The fourth-order valence-electron chi connectivity index (χ4n) is 2.66. The van der Waals surface area contributed by atoms with Crippen molar-refractivity contribution < 1.29 is 19.2 Å². The van der Waals surface area contributed by atoms with Crippen LogP contribution in [0.15, 0.2) is 12.3 Å². The Kier molecular flexibility index (Phi) is 5.18. The van der Waals surface area contributed by atoms with Crippen molar-refractivity contribution in [3.63, 3.8) is 0 Å². The molecule has 3 heterocycles. The predicted octanol–water partition coefficient (Wildman–Crippen LogP) is 1.90. The molecule has 9 nitrogen and oxygen atoms in total. The second-order valence-corrected chi connectivity index (χ2v) is 6.36. The van der Waals surface area contributed by atoms with Crippen LogP contribution in [0.2, 0.25) is 0 Å². The summed E-state index contributed by atoms with van der Waals surface area (Å²) in [5, 5.41) is 14.1. The zero-order valence-electron chi connectivity index (χ0n) is 13.3. The molecule has 0 unspecified atom stereocenters. The molecule has 0 fully saturated rings. The Hall–Kier alpha value is -2.21. The lowest BCUT2D eigenvalue weighted by Gasteiger charge is -2.11. The lowest BCUT2D eigenvalue weighted by molar-refractivity contribution is -0.390. The van der Waals surface area contributed by atoms with E-state index in [4.69, 9.17) is 9.47 Å². The van der Waals surface area contributed by atoms with E-state index in [9.17, 15) is 14.9 Å². The summed E-state index contributed by atoms with van der Waals surface area (Å²) in [7, 11) is 1.52. The van der Waals surface area contributed by atoms with Crippen LogP contribution in [0.1, 0.15) is 16.1 Å². The number of halogens is 1. The number of rotatable bonds is 6. The number of pyridine rings is 1. The number of aromatic amines is 1. The maximum atomic E-state index is 12.1. The molecule has 1 aliphatic rings. The Balaban J connectivity index is 2.12. The van der Waals surface area contributed by atoms with E-state index in [1.165, 1.54) is 13.3 Å². The van der Waals surface area contributed by atoms with Crippen LogP contribution in [-0.2, 0) is 11.2 Å². The van der Waals surface area contributed by atoms with Gasteiger partial charge in [-0.1, -0.05) is 0 Å². The van der Waals surface area contributed by atoms with Gasteiger partial charge in [0.05, 0.1) is 27.0 Å². The minimum absolute atomic E-state index is 0.0569. The van der Waals surface area contributed by atoms with Crippen molar-refractivity contribution in [1.82, 2.24) is 15.3 Å². The normalized spacial score (nSPS) is 13.3. The van der Waals surface area contributed by atoms with Crippen molar-refractivity contribution in [2.45, 2.75) is 6.42 Å². The predicted molar refractivity (Wildman–Crippen MR) is 96.8 cm³/mol. The summed E-state index contributed by atoms with van der Waals surface area (Å²) in [5.41, 5.74) is 2.49. The number of methoxy groups -OCH3 is 1. The van der Waals surface area contributed by atoms with Crippen LogP contribution in [-0.4, -0.2) is 47.7 Å². The van der Waals surface area contributed by atoms with Gasteiger partial charge in [0.15, 0.2) is 0 Å². The number of nitro groups is 1. The minimum atomic E-state index is -0.589. The number of nitrogens with one attached hydrogen (secondary N) is 2. The second kappa shape index (κ2) is 7.35. The van der Waals surface area contributed by atoms with Gasteiger partial charge in [-0.25, -0.2) is 0 Å². The van der Waals surface area contributed by atoms with Crippen molar-refractivity contribution >= 4 is 34.3 Å². The molecule has 1 aliphatic heterocycles. The molecule has 10 heteroatoms. The lowest BCUT2D eigenvalue weighted by atomic mass is 10.1. The molecule has 0 saturated heterocycles. The van der Waals surface area contributed by atoms with Crippen LogP contribution in [0, 0.1) is 13.7 Å². The molecule has 2 N–H and O–H groups in total. The summed E-state index contributed by atoms with van der Waals surface area (Å²) < 4.78 is 11.2. The van der Waals surface area contributed by atoms with Crippen molar-refractivity contribution in [2.24, 2.45) is 0 Å². The SMILES string of the molecule is COCCOc1c(-c2[nH]c3c(c2I)C(=O)NCC3)ccnc1[N+](=O)[O-]. The van der Waals surface area contributed by atoms with Gasteiger partial charge in [0, 0.05) is 25.8 Å². The lowest BCUT2D eigenvalue weighted by Crippen LogP contribution is -2.31. The highest BCUT2D eigenvalue weighted by atomic mass is 127. The Morgan fingerprint density at radius 1 is 1.44 bits per heavy atom. The quantitative estimate of drug-likeness (QED) is 0.296. The average Bonchev–Trinajstić information content (AvgIpc) is 2.93. The van der Waals surface area contributed by atoms with Crippen molar-refractivity contribution in [2.75, 3.05) is 26.9 Å². The third-order valence-electron chi connectivity index (χ3n) is 3.77. The third kappa shape index (κ3) is 3.31. The number of H-pyrrole nitrogens is 1. The first-order valence-corrected chi connectivity index (χ1v) is 8.56. The summed E-state index contributed by atoms with van der Waals surface area (Å²) in [5.74, 6) is -0.471. The molecule has 1 amide bonds. The second-order valence-electron chi connectivity index (χ2n) is 5.28. The molecule has 0 atom stereocenters. The van der Waals surface area contributed by atoms with Gasteiger partial charge in [-0.15, -0.1) is 0 Å². The number of fused-ring (bicyclic) bond motifs is 1. The van der Waals surface area contributed by atoms with Crippen LogP contribution in [0.4, 0.5) is 5.82 Å². The van der Waals surface area contributed by atoms with Crippen molar-refractivity contribution in [3.05, 3.63) is 37.2 Å². The van der Waals surface area contributed by atoms with Gasteiger partial charge in [-0.3, -0.25) is 4.79 Å². The van der Waals surface area contributed by atoms with Gasteiger partial charge in [0.2, 0.25) is 5.75 Å². The molecule has 3 rings (SSSR count). The van der Waals surface area contributed by atoms with E-state index in [-0.39, 0.29) is 30.7 Å². The molecule has 132 valence electrons. The largest absolute Gasteiger partial charge is 0.483 e. The Morgan fingerprint density at radius 2 is 2.24 bits per heavy atom. The fourth-order valence-corrected chi connectivity index (χ4v) is 3.65. The van der Waals surface area contributed by atoms with Gasteiger partial charge < -0.3 is 29.9 Å². The first kappa shape index (κ1) is 17.6. The average molecular weight is 458 g/mol.